The van der Waals surface area contributed by atoms with E-state index in [9.17, 15) is 4.39 Å². The molecule has 2 aromatic rings. The van der Waals surface area contributed by atoms with Crippen LogP contribution in [0.4, 0.5) is 10.2 Å². The monoisotopic (exact) mass is 309 g/mol. The van der Waals surface area contributed by atoms with Crippen molar-refractivity contribution in [1.29, 1.82) is 0 Å². The maximum Gasteiger partial charge on any atom is 0.161 e. The van der Waals surface area contributed by atoms with Crippen LogP contribution in [0.3, 0.4) is 0 Å². The van der Waals surface area contributed by atoms with Crippen molar-refractivity contribution in [2.75, 3.05) is 5.73 Å². The van der Waals surface area contributed by atoms with Crippen LogP contribution in [0.2, 0.25) is 0 Å². The Morgan fingerprint density at radius 3 is 2.61 bits per heavy atom. The van der Waals surface area contributed by atoms with Gasteiger partial charge in [-0.05, 0) is 47.5 Å². The maximum atomic E-state index is 13.5. The molecule has 0 aliphatic carbocycles. The molecule has 0 saturated carbocycles. The minimum atomic E-state index is -0.341. The zero-order valence-corrected chi connectivity index (χ0v) is 11.8. The second kappa shape index (κ2) is 5.02. The van der Waals surface area contributed by atoms with Crippen LogP contribution in [0.1, 0.15) is 18.2 Å². The third-order valence-electron chi connectivity index (χ3n) is 2.78. The first-order valence-electron chi connectivity index (χ1n) is 5.61. The zero-order valence-electron chi connectivity index (χ0n) is 10.2. The molecule has 1 heterocycles. The molecule has 0 bridgehead atoms. The molecule has 94 valence electrons. The van der Waals surface area contributed by atoms with Crippen molar-refractivity contribution in [3.8, 4) is 11.4 Å². The summed E-state index contributed by atoms with van der Waals surface area (Å²) in [5, 5.41) is 0. The summed E-state index contributed by atoms with van der Waals surface area (Å²) < 4.78 is 13.9. The van der Waals surface area contributed by atoms with Crippen molar-refractivity contribution in [1.82, 2.24) is 9.97 Å². The first-order valence-corrected chi connectivity index (χ1v) is 6.40. The van der Waals surface area contributed by atoms with E-state index in [1.807, 2.05) is 13.8 Å². The van der Waals surface area contributed by atoms with Crippen LogP contribution in [0.25, 0.3) is 11.4 Å². The van der Waals surface area contributed by atoms with Crippen LogP contribution in [0.15, 0.2) is 22.7 Å². The van der Waals surface area contributed by atoms with Crippen molar-refractivity contribution in [3.63, 3.8) is 0 Å². The molecule has 0 unspecified atom stereocenters. The minimum absolute atomic E-state index is 0.341. The molecule has 0 aliphatic rings. The molecule has 2 N–H and O–H groups in total. The number of aryl methyl sites for hydroxylation is 1. The van der Waals surface area contributed by atoms with Crippen molar-refractivity contribution in [3.05, 3.63) is 39.7 Å². The van der Waals surface area contributed by atoms with E-state index in [1.54, 1.807) is 12.1 Å². The molecule has 1 aromatic heterocycles. The van der Waals surface area contributed by atoms with Crippen LogP contribution >= 0.6 is 15.9 Å². The average Bonchev–Trinajstić information content (AvgIpc) is 2.32. The van der Waals surface area contributed by atoms with Crippen molar-refractivity contribution >= 4 is 21.7 Å². The van der Waals surface area contributed by atoms with E-state index in [2.05, 4.69) is 25.9 Å². The predicted octanol–water partition coefficient (Wildman–Crippen LogP) is 3.50. The SMILES string of the molecule is CCc1c(C)nc(-c2ccc(Br)c(F)c2)nc1N. The Bertz CT molecular complexity index is 576. The molecule has 2 rings (SSSR count). The Balaban J connectivity index is 2.54. The van der Waals surface area contributed by atoms with E-state index in [0.717, 1.165) is 17.7 Å². The van der Waals surface area contributed by atoms with Gasteiger partial charge in [-0.25, -0.2) is 14.4 Å². The Hall–Kier alpha value is -1.49. The molecule has 0 amide bonds. The van der Waals surface area contributed by atoms with E-state index in [1.165, 1.54) is 6.07 Å². The fourth-order valence-corrected chi connectivity index (χ4v) is 2.07. The summed E-state index contributed by atoms with van der Waals surface area (Å²) in [4.78, 5) is 8.60. The van der Waals surface area contributed by atoms with Gasteiger partial charge in [-0.3, -0.25) is 0 Å². The topological polar surface area (TPSA) is 51.8 Å². The van der Waals surface area contributed by atoms with E-state index < -0.39 is 0 Å². The van der Waals surface area contributed by atoms with Gasteiger partial charge in [-0.1, -0.05) is 6.92 Å². The van der Waals surface area contributed by atoms with E-state index >= 15 is 0 Å². The Morgan fingerprint density at radius 2 is 2.06 bits per heavy atom. The largest absolute Gasteiger partial charge is 0.383 e. The van der Waals surface area contributed by atoms with Gasteiger partial charge >= 0.3 is 0 Å². The lowest BCUT2D eigenvalue weighted by Gasteiger charge is -2.09. The highest BCUT2D eigenvalue weighted by atomic mass is 79.9. The number of halogens is 2. The maximum absolute atomic E-state index is 13.5. The van der Waals surface area contributed by atoms with Crippen LogP contribution in [-0.4, -0.2) is 9.97 Å². The first-order chi connectivity index (χ1) is 8.52. The molecule has 18 heavy (non-hydrogen) atoms. The van der Waals surface area contributed by atoms with E-state index in [-0.39, 0.29) is 5.82 Å². The van der Waals surface area contributed by atoms with Gasteiger partial charge in [0.2, 0.25) is 0 Å². The molecular formula is C13H13BrFN3. The summed E-state index contributed by atoms with van der Waals surface area (Å²) >= 11 is 3.11. The van der Waals surface area contributed by atoms with Gasteiger partial charge in [0.05, 0.1) is 4.47 Å². The highest BCUT2D eigenvalue weighted by Gasteiger charge is 2.10. The number of nitrogens with two attached hydrogens (primary N) is 1. The second-order valence-electron chi connectivity index (χ2n) is 3.98. The summed E-state index contributed by atoms with van der Waals surface area (Å²) in [7, 11) is 0. The van der Waals surface area contributed by atoms with Crippen LogP contribution in [0.5, 0.6) is 0 Å². The number of aromatic nitrogens is 2. The smallest absolute Gasteiger partial charge is 0.161 e. The van der Waals surface area contributed by atoms with Gasteiger partial charge in [-0.15, -0.1) is 0 Å². The number of nitrogens with zero attached hydrogens (tertiary/aromatic N) is 2. The van der Waals surface area contributed by atoms with Gasteiger partial charge in [0, 0.05) is 16.8 Å². The molecule has 5 heteroatoms. The molecule has 3 nitrogen and oxygen atoms in total. The minimum Gasteiger partial charge on any atom is -0.383 e. The lowest BCUT2D eigenvalue weighted by molar-refractivity contribution is 0.621. The highest BCUT2D eigenvalue weighted by molar-refractivity contribution is 9.10. The number of anilines is 1. The normalized spacial score (nSPS) is 10.7. The van der Waals surface area contributed by atoms with Crippen LogP contribution < -0.4 is 5.73 Å². The van der Waals surface area contributed by atoms with Crippen molar-refractivity contribution in [2.45, 2.75) is 20.3 Å². The molecular weight excluding hydrogens is 297 g/mol. The number of rotatable bonds is 2. The van der Waals surface area contributed by atoms with Crippen LogP contribution in [0, 0.1) is 12.7 Å². The van der Waals surface area contributed by atoms with Crippen LogP contribution in [-0.2, 0) is 6.42 Å². The number of hydrogen-bond acceptors (Lipinski definition) is 3. The van der Waals surface area contributed by atoms with Crippen molar-refractivity contribution in [2.24, 2.45) is 0 Å². The third-order valence-corrected chi connectivity index (χ3v) is 3.42. The molecule has 0 atom stereocenters. The standard InChI is InChI=1S/C13H13BrFN3/c1-3-9-7(2)17-13(18-12(9)16)8-4-5-10(14)11(15)6-8/h4-6H,3H2,1-2H3,(H2,16,17,18). The van der Waals surface area contributed by atoms with E-state index in [4.69, 9.17) is 5.73 Å². The molecule has 1 aromatic carbocycles. The van der Waals surface area contributed by atoms with Gasteiger partial charge in [0.25, 0.3) is 0 Å². The molecule has 0 saturated heterocycles. The van der Waals surface area contributed by atoms with Crippen molar-refractivity contribution < 1.29 is 4.39 Å². The molecule has 0 radical (unpaired) electrons. The Labute approximate surface area is 113 Å². The average molecular weight is 310 g/mol. The third kappa shape index (κ3) is 2.36. The lowest BCUT2D eigenvalue weighted by Crippen LogP contribution is -2.04. The van der Waals surface area contributed by atoms with Gasteiger partial charge in [0.15, 0.2) is 5.82 Å². The highest BCUT2D eigenvalue weighted by Crippen LogP contribution is 2.24. The number of benzene rings is 1. The molecule has 0 fully saturated rings. The fourth-order valence-electron chi connectivity index (χ4n) is 1.82. The number of hydrogen-bond donors (Lipinski definition) is 1. The number of nitrogen functional groups attached to an aromatic ring is 1. The second-order valence-corrected chi connectivity index (χ2v) is 4.83. The summed E-state index contributed by atoms with van der Waals surface area (Å²) in [6, 6.07) is 4.78. The van der Waals surface area contributed by atoms with Gasteiger partial charge in [0.1, 0.15) is 11.6 Å². The zero-order chi connectivity index (χ0) is 13.3. The summed E-state index contributed by atoms with van der Waals surface area (Å²) in [6.07, 6.45) is 0.784. The molecule has 0 aliphatic heterocycles. The fraction of sp³-hybridized carbons (Fsp3) is 0.231. The Kier molecular flexibility index (Phi) is 3.61. The van der Waals surface area contributed by atoms with Gasteiger partial charge in [-0.2, -0.15) is 0 Å². The van der Waals surface area contributed by atoms with Gasteiger partial charge < -0.3 is 5.73 Å². The summed E-state index contributed by atoms with van der Waals surface area (Å²) in [5.74, 6) is 0.573. The predicted molar refractivity (Wildman–Crippen MR) is 73.7 cm³/mol. The lowest BCUT2D eigenvalue weighted by atomic mass is 10.1. The quantitative estimate of drug-likeness (QED) is 0.923. The summed E-state index contributed by atoms with van der Waals surface area (Å²) in [5.41, 5.74) is 8.28. The first kappa shape index (κ1) is 13.0. The Morgan fingerprint density at radius 1 is 1.33 bits per heavy atom. The molecule has 0 spiro atoms. The summed E-state index contributed by atoms with van der Waals surface area (Å²) in [6.45, 7) is 3.89. The van der Waals surface area contributed by atoms with E-state index in [0.29, 0.717) is 21.7 Å².